The standard InChI is InChI=1S/C19H28N4O6/c1-12(15(25)21-17(27)20-13-6-2-3-7-13)29-14(24)8-11-23-16(26)19(22-18(23)28)9-4-5-10-19/h12-13H,2-11H2,1H3,(H,22,28)(H2,20,21,25,27)/t12-/m1/s1. The zero-order valence-corrected chi connectivity index (χ0v) is 16.6. The van der Waals surface area contributed by atoms with E-state index in [9.17, 15) is 24.0 Å². The minimum atomic E-state index is -1.17. The van der Waals surface area contributed by atoms with Gasteiger partial charge in [-0.25, -0.2) is 9.59 Å². The second-order valence-electron chi connectivity index (χ2n) is 8.00. The number of esters is 1. The summed E-state index contributed by atoms with van der Waals surface area (Å²) in [5.74, 6) is -1.76. The Morgan fingerprint density at radius 3 is 2.48 bits per heavy atom. The van der Waals surface area contributed by atoms with Crippen LogP contribution in [-0.2, 0) is 19.1 Å². The quantitative estimate of drug-likeness (QED) is 0.442. The molecule has 3 rings (SSSR count). The summed E-state index contributed by atoms with van der Waals surface area (Å²) in [5.41, 5.74) is -0.819. The van der Waals surface area contributed by atoms with Crippen LogP contribution in [0.5, 0.6) is 0 Å². The number of carbonyl (C=O) groups excluding carboxylic acids is 5. The first-order valence-electron chi connectivity index (χ1n) is 10.3. The first-order valence-corrected chi connectivity index (χ1v) is 10.3. The highest BCUT2D eigenvalue weighted by Gasteiger charge is 2.52. The Balaban J connectivity index is 1.40. The second-order valence-corrected chi connectivity index (χ2v) is 8.00. The lowest BCUT2D eigenvalue weighted by atomic mass is 9.98. The van der Waals surface area contributed by atoms with Crippen molar-refractivity contribution in [1.29, 1.82) is 0 Å². The molecule has 6 amide bonds. The first-order chi connectivity index (χ1) is 13.8. The summed E-state index contributed by atoms with van der Waals surface area (Å²) in [4.78, 5) is 61.5. The van der Waals surface area contributed by atoms with Gasteiger partial charge in [0.1, 0.15) is 5.54 Å². The molecular formula is C19H28N4O6. The van der Waals surface area contributed by atoms with Crippen molar-refractivity contribution in [3.8, 4) is 0 Å². The topological polar surface area (TPSA) is 134 Å². The molecule has 10 nitrogen and oxygen atoms in total. The lowest BCUT2D eigenvalue weighted by Gasteiger charge is -2.20. The van der Waals surface area contributed by atoms with Crippen LogP contribution >= 0.6 is 0 Å². The van der Waals surface area contributed by atoms with Crippen LogP contribution in [0.25, 0.3) is 0 Å². The fraction of sp³-hybridized carbons (Fsp3) is 0.737. The number of carbonyl (C=O) groups is 5. The van der Waals surface area contributed by atoms with Gasteiger partial charge in [0.25, 0.3) is 11.8 Å². The van der Waals surface area contributed by atoms with Crippen LogP contribution in [0, 0.1) is 0 Å². The van der Waals surface area contributed by atoms with Gasteiger partial charge in [-0.15, -0.1) is 0 Å². The van der Waals surface area contributed by atoms with Crippen LogP contribution in [0.2, 0.25) is 0 Å². The molecule has 0 unspecified atom stereocenters. The van der Waals surface area contributed by atoms with Gasteiger partial charge in [-0.2, -0.15) is 0 Å². The average Bonchev–Trinajstić information content (AvgIpc) is 3.38. The molecule has 160 valence electrons. The number of amides is 6. The zero-order valence-electron chi connectivity index (χ0n) is 16.6. The molecule has 0 aromatic carbocycles. The SMILES string of the molecule is C[C@@H](OC(=O)CCN1C(=O)NC2(CCCC2)C1=O)C(=O)NC(=O)NC1CCCC1. The van der Waals surface area contributed by atoms with Crippen molar-refractivity contribution >= 4 is 29.8 Å². The van der Waals surface area contributed by atoms with E-state index >= 15 is 0 Å². The lowest BCUT2D eigenvalue weighted by molar-refractivity contribution is -0.154. The van der Waals surface area contributed by atoms with Crippen LogP contribution in [0.4, 0.5) is 9.59 Å². The fourth-order valence-electron chi connectivity index (χ4n) is 4.21. The maximum absolute atomic E-state index is 12.5. The van der Waals surface area contributed by atoms with E-state index in [4.69, 9.17) is 4.74 Å². The lowest BCUT2D eigenvalue weighted by Crippen LogP contribution is -2.47. The molecule has 3 fully saturated rings. The predicted molar refractivity (Wildman–Crippen MR) is 101 cm³/mol. The summed E-state index contributed by atoms with van der Waals surface area (Å²) in [6.07, 6.45) is 5.45. The van der Waals surface area contributed by atoms with Crippen LogP contribution in [-0.4, -0.2) is 59.0 Å². The summed E-state index contributed by atoms with van der Waals surface area (Å²) in [6, 6.07) is -1.04. The number of urea groups is 2. The minimum absolute atomic E-state index is 0.0629. The van der Waals surface area contributed by atoms with Crippen molar-refractivity contribution < 1.29 is 28.7 Å². The van der Waals surface area contributed by atoms with Gasteiger partial charge >= 0.3 is 18.0 Å². The molecule has 0 radical (unpaired) electrons. The minimum Gasteiger partial charge on any atom is -0.452 e. The van der Waals surface area contributed by atoms with E-state index in [1.165, 1.54) is 6.92 Å². The molecule has 3 aliphatic rings. The van der Waals surface area contributed by atoms with E-state index in [1.54, 1.807) is 0 Å². The number of hydrogen-bond acceptors (Lipinski definition) is 6. The van der Waals surface area contributed by atoms with Gasteiger partial charge in [0.05, 0.1) is 6.42 Å². The van der Waals surface area contributed by atoms with Gasteiger partial charge in [0.2, 0.25) is 0 Å². The van der Waals surface area contributed by atoms with E-state index in [-0.39, 0.29) is 24.9 Å². The van der Waals surface area contributed by atoms with E-state index in [1.807, 2.05) is 0 Å². The number of nitrogens with zero attached hydrogens (tertiary/aromatic N) is 1. The third-order valence-corrected chi connectivity index (χ3v) is 5.85. The summed E-state index contributed by atoms with van der Waals surface area (Å²) in [5, 5.41) is 7.61. The second kappa shape index (κ2) is 8.79. The Kier molecular flexibility index (Phi) is 6.39. The van der Waals surface area contributed by atoms with Crippen LogP contribution in [0.15, 0.2) is 0 Å². The average molecular weight is 408 g/mol. The molecule has 0 bridgehead atoms. The third-order valence-electron chi connectivity index (χ3n) is 5.85. The summed E-state index contributed by atoms with van der Waals surface area (Å²) < 4.78 is 5.03. The molecule has 2 saturated carbocycles. The molecule has 10 heteroatoms. The van der Waals surface area contributed by atoms with Crippen molar-refractivity contribution in [3.63, 3.8) is 0 Å². The number of imide groups is 2. The van der Waals surface area contributed by atoms with E-state index in [0.29, 0.717) is 12.8 Å². The molecule has 3 N–H and O–H groups in total. The maximum Gasteiger partial charge on any atom is 0.325 e. The van der Waals surface area contributed by atoms with Crippen molar-refractivity contribution in [2.75, 3.05) is 6.54 Å². The highest BCUT2D eigenvalue weighted by molar-refractivity contribution is 6.07. The Labute approximate surface area is 169 Å². The van der Waals surface area contributed by atoms with Crippen molar-refractivity contribution in [1.82, 2.24) is 20.9 Å². The number of rotatable bonds is 6. The number of nitrogens with one attached hydrogen (secondary N) is 3. The van der Waals surface area contributed by atoms with E-state index in [0.717, 1.165) is 43.4 Å². The number of ether oxygens (including phenoxy) is 1. The monoisotopic (exact) mass is 408 g/mol. The fourth-order valence-corrected chi connectivity index (χ4v) is 4.21. The third kappa shape index (κ3) is 4.86. The van der Waals surface area contributed by atoms with Gasteiger partial charge < -0.3 is 15.4 Å². The summed E-state index contributed by atoms with van der Waals surface area (Å²) in [6.45, 7) is 1.25. The Hall–Kier alpha value is -2.65. The van der Waals surface area contributed by atoms with Gasteiger partial charge in [-0.1, -0.05) is 25.7 Å². The highest BCUT2D eigenvalue weighted by atomic mass is 16.5. The van der Waals surface area contributed by atoms with Gasteiger partial charge in [-0.3, -0.25) is 24.6 Å². The largest absolute Gasteiger partial charge is 0.452 e. The molecule has 1 saturated heterocycles. The van der Waals surface area contributed by atoms with Crippen LogP contribution in [0.1, 0.15) is 64.7 Å². The van der Waals surface area contributed by atoms with E-state index in [2.05, 4.69) is 16.0 Å². The molecule has 1 spiro atoms. The van der Waals surface area contributed by atoms with Crippen molar-refractivity contribution in [3.05, 3.63) is 0 Å². The molecule has 29 heavy (non-hydrogen) atoms. The Bertz CT molecular complexity index is 697. The molecule has 1 aliphatic heterocycles. The normalized spacial score (nSPS) is 21.9. The van der Waals surface area contributed by atoms with Gasteiger partial charge in [0, 0.05) is 12.6 Å². The zero-order chi connectivity index (χ0) is 21.0. The number of hydrogen-bond donors (Lipinski definition) is 3. The van der Waals surface area contributed by atoms with Crippen LogP contribution in [0.3, 0.4) is 0 Å². The van der Waals surface area contributed by atoms with Crippen molar-refractivity contribution in [2.24, 2.45) is 0 Å². The van der Waals surface area contributed by atoms with Gasteiger partial charge in [-0.05, 0) is 32.6 Å². The molecule has 1 atom stereocenters. The summed E-state index contributed by atoms with van der Waals surface area (Å²) in [7, 11) is 0. The predicted octanol–water partition coefficient (Wildman–Crippen LogP) is 0.941. The van der Waals surface area contributed by atoms with Gasteiger partial charge in [0.15, 0.2) is 6.10 Å². The molecule has 2 aliphatic carbocycles. The molecular weight excluding hydrogens is 380 g/mol. The highest BCUT2D eigenvalue weighted by Crippen LogP contribution is 2.35. The van der Waals surface area contributed by atoms with E-state index < -0.39 is 35.6 Å². The van der Waals surface area contributed by atoms with Crippen LogP contribution < -0.4 is 16.0 Å². The summed E-state index contributed by atoms with van der Waals surface area (Å²) >= 11 is 0. The molecule has 0 aromatic rings. The maximum atomic E-state index is 12.5. The molecule has 1 heterocycles. The smallest absolute Gasteiger partial charge is 0.325 e. The Morgan fingerprint density at radius 1 is 1.17 bits per heavy atom. The van der Waals surface area contributed by atoms with Crippen molar-refractivity contribution in [2.45, 2.75) is 82.4 Å². The molecule has 0 aromatic heterocycles. The Morgan fingerprint density at radius 2 is 1.83 bits per heavy atom. The first kappa shape index (κ1) is 21.1.